The number of fused-ring (bicyclic) bond motifs is 1. The molecule has 1 aromatic carbocycles. The summed E-state index contributed by atoms with van der Waals surface area (Å²) in [6.07, 6.45) is 1.85. The Bertz CT molecular complexity index is 717. The molecule has 1 aromatic heterocycles. The highest BCUT2D eigenvalue weighted by molar-refractivity contribution is 7.89. The molecule has 0 unspecified atom stereocenters. The Kier molecular flexibility index (Phi) is 3.13. The van der Waals surface area contributed by atoms with Crippen molar-refractivity contribution in [3.8, 4) is 0 Å². The van der Waals surface area contributed by atoms with Crippen LogP contribution < -0.4 is 0 Å². The maximum atomic E-state index is 12.7. The van der Waals surface area contributed by atoms with Gasteiger partial charge in [0.1, 0.15) is 4.90 Å². The van der Waals surface area contributed by atoms with Crippen LogP contribution in [0, 0.1) is 0 Å². The normalized spacial score (nSPS) is 16.4. The largest absolute Gasteiger partial charge is 0.391 e. The van der Waals surface area contributed by atoms with Gasteiger partial charge in [0.15, 0.2) is 0 Å². The molecular formula is C13H15NO3S2. The van der Waals surface area contributed by atoms with Crippen LogP contribution in [0.1, 0.15) is 17.7 Å². The fraction of sp³-hybridized carbons (Fsp3) is 0.385. The molecule has 1 fully saturated rings. The fourth-order valence-electron chi connectivity index (χ4n) is 2.24. The van der Waals surface area contributed by atoms with Gasteiger partial charge in [-0.3, -0.25) is 0 Å². The van der Waals surface area contributed by atoms with Crippen LogP contribution in [0.5, 0.6) is 0 Å². The van der Waals surface area contributed by atoms with Crippen LogP contribution in [0.3, 0.4) is 0 Å². The van der Waals surface area contributed by atoms with Gasteiger partial charge in [0.05, 0.1) is 11.5 Å². The van der Waals surface area contributed by atoms with E-state index in [1.807, 2.05) is 18.2 Å². The van der Waals surface area contributed by atoms with Gasteiger partial charge in [-0.05, 0) is 18.9 Å². The van der Waals surface area contributed by atoms with Crippen LogP contribution in [0.25, 0.3) is 10.1 Å². The van der Waals surface area contributed by atoms with E-state index < -0.39 is 10.0 Å². The topological polar surface area (TPSA) is 57.6 Å². The van der Waals surface area contributed by atoms with Crippen LogP contribution in [-0.4, -0.2) is 30.9 Å². The van der Waals surface area contributed by atoms with Crippen molar-refractivity contribution in [3.05, 3.63) is 29.1 Å². The van der Waals surface area contributed by atoms with Crippen molar-refractivity contribution >= 4 is 31.4 Å². The second kappa shape index (κ2) is 4.56. The van der Waals surface area contributed by atoms with Crippen molar-refractivity contribution in [1.82, 2.24) is 4.31 Å². The predicted octanol–water partition coefficient (Wildman–Crippen LogP) is 2.18. The lowest BCUT2D eigenvalue weighted by atomic mass is 10.2. The first-order valence-corrected chi connectivity index (χ1v) is 8.40. The van der Waals surface area contributed by atoms with Crippen LogP contribution in [0.4, 0.5) is 0 Å². The van der Waals surface area contributed by atoms with Crippen LogP contribution in [0.15, 0.2) is 29.2 Å². The summed E-state index contributed by atoms with van der Waals surface area (Å²) in [5, 5.41) is 10.2. The Morgan fingerprint density at radius 2 is 2.05 bits per heavy atom. The Morgan fingerprint density at radius 3 is 2.68 bits per heavy atom. The van der Waals surface area contributed by atoms with Gasteiger partial charge in [0.2, 0.25) is 10.0 Å². The zero-order valence-electron chi connectivity index (χ0n) is 10.5. The van der Waals surface area contributed by atoms with E-state index >= 15 is 0 Å². The fourth-order valence-corrected chi connectivity index (χ4v) is 5.40. The van der Waals surface area contributed by atoms with Crippen molar-refractivity contribution < 1.29 is 13.5 Å². The molecule has 3 rings (SSSR count). The molecule has 1 N–H and O–H groups in total. The van der Waals surface area contributed by atoms with Gasteiger partial charge in [-0.25, -0.2) is 8.42 Å². The summed E-state index contributed by atoms with van der Waals surface area (Å²) in [4.78, 5) is 0.804. The molecule has 0 saturated heterocycles. The summed E-state index contributed by atoms with van der Waals surface area (Å²) in [6.45, 7) is -0.244. The third-order valence-electron chi connectivity index (χ3n) is 3.46. The molecule has 0 spiro atoms. The number of sulfonamides is 1. The standard InChI is InChI=1S/C13H15NO3S2/c1-14(9-6-7-9)19(16,17)13-10-4-2-3-5-11(10)18-12(13)8-15/h2-5,9,15H,6-8H2,1H3. The smallest absolute Gasteiger partial charge is 0.244 e. The second-order valence-corrected chi connectivity index (χ2v) is 7.83. The maximum Gasteiger partial charge on any atom is 0.244 e. The molecule has 0 radical (unpaired) electrons. The van der Waals surface area contributed by atoms with Crippen LogP contribution in [0.2, 0.25) is 0 Å². The van der Waals surface area contributed by atoms with Crippen LogP contribution in [-0.2, 0) is 16.6 Å². The van der Waals surface area contributed by atoms with Gasteiger partial charge in [-0.2, -0.15) is 4.31 Å². The molecule has 0 aliphatic heterocycles. The molecule has 1 aliphatic rings. The zero-order chi connectivity index (χ0) is 13.6. The second-order valence-electron chi connectivity index (χ2n) is 4.76. The lowest BCUT2D eigenvalue weighted by Crippen LogP contribution is -2.29. The summed E-state index contributed by atoms with van der Waals surface area (Å²) in [6, 6.07) is 7.51. The van der Waals surface area contributed by atoms with Gasteiger partial charge in [0.25, 0.3) is 0 Å². The number of aliphatic hydroxyl groups excluding tert-OH is 1. The van der Waals surface area contributed by atoms with Crippen molar-refractivity contribution in [1.29, 1.82) is 0 Å². The summed E-state index contributed by atoms with van der Waals surface area (Å²) < 4.78 is 27.7. The molecule has 4 nitrogen and oxygen atoms in total. The molecule has 1 aliphatic carbocycles. The molecule has 2 aromatic rings. The highest BCUT2D eigenvalue weighted by Gasteiger charge is 2.37. The first kappa shape index (κ1) is 13.1. The van der Waals surface area contributed by atoms with E-state index in [-0.39, 0.29) is 17.5 Å². The highest BCUT2D eigenvalue weighted by atomic mass is 32.2. The number of nitrogens with zero attached hydrogens (tertiary/aromatic N) is 1. The molecule has 1 saturated carbocycles. The van der Waals surface area contributed by atoms with E-state index in [1.54, 1.807) is 13.1 Å². The first-order valence-electron chi connectivity index (χ1n) is 6.15. The average molecular weight is 297 g/mol. The monoisotopic (exact) mass is 297 g/mol. The summed E-state index contributed by atoms with van der Waals surface area (Å²) >= 11 is 1.34. The molecule has 19 heavy (non-hydrogen) atoms. The number of hydrogen-bond donors (Lipinski definition) is 1. The summed E-state index contributed by atoms with van der Waals surface area (Å²) in [5.41, 5.74) is 0. The minimum Gasteiger partial charge on any atom is -0.391 e. The number of thiophene rings is 1. The van der Waals surface area contributed by atoms with Gasteiger partial charge in [0, 0.05) is 23.2 Å². The van der Waals surface area contributed by atoms with E-state index in [4.69, 9.17) is 0 Å². The number of aliphatic hydroxyl groups is 1. The van der Waals surface area contributed by atoms with Crippen molar-refractivity contribution in [2.24, 2.45) is 0 Å². The van der Waals surface area contributed by atoms with Crippen molar-refractivity contribution in [3.63, 3.8) is 0 Å². The van der Waals surface area contributed by atoms with Gasteiger partial charge in [-0.15, -0.1) is 11.3 Å². The van der Waals surface area contributed by atoms with E-state index in [2.05, 4.69) is 0 Å². The Morgan fingerprint density at radius 1 is 1.37 bits per heavy atom. The zero-order valence-corrected chi connectivity index (χ0v) is 12.2. The Labute approximate surface area is 116 Å². The molecule has 0 bridgehead atoms. The lowest BCUT2D eigenvalue weighted by molar-refractivity contribution is 0.282. The summed E-state index contributed by atoms with van der Waals surface area (Å²) in [5.74, 6) is 0. The molecule has 6 heteroatoms. The number of benzene rings is 1. The molecule has 0 atom stereocenters. The predicted molar refractivity (Wildman–Crippen MR) is 75.7 cm³/mol. The Hall–Kier alpha value is -0.950. The highest BCUT2D eigenvalue weighted by Crippen LogP contribution is 2.38. The van der Waals surface area contributed by atoms with Crippen molar-refractivity contribution in [2.45, 2.75) is 30.4 Å². The minimum atomic E-state index is -3.52. The van der Waals surface area contributed by atoms with Gasteiger partial charge >= 0.3 is 0 Å². The van der Waals surface area contributed by atoms with E-state index in [0.29, 0.717) is 10.3 Å². The maximum absolute atomic E-state index is 12.7. The molecular weight excluding hydrogens is 282 g/mol. The quantitative estimate of drug-likeness (QED) is 0.941. The van der Waals surface area contributed by atoms with Crippen molar-refractivity contribution in [2.75, 3.05) is 7.05 Å². The number of hydrogen-bond acceptors (Lipinski definition) is 4. The molecule has 102 valence electrons. The van der Waals surface area contributed by atoms with Gasteiger partial charge in [-0.1, -0.05) is 18.2 Å². The molecule has 1 heterocycles. The van der Waals surface area contributed by atoms with E-state index in [1.165, 1.54) is 15.6 Å². The minimum absolute atomic E-state index is 0.121. The SMILES string of the molecule is CN(C1CC1)S(=O)(=O)c1c(CO)sc2ccccc12. The van der Waals surface area contributed by atoms with Gasteiger partial charge < -0.3 is 5.11 Å². The van der Waals surface area contributed by atoms with Crippen LogP contribution >= 0.6 is 11.3 Å². The average Bonchev–Trinajstić information content (AvgIpc) is 3.16. The summed E-state index contributed by atoms with van der Waals surface area (Å²) in [7, 11) is -1.89. The van der Waals surface area contributed by atoms with E-state index in [9.17, 15) is 13.5 Å². The Balaban J connectivity index is 2.23. The lowest BCUT2D eigenvalue weighted by Gasteiger charge is -2.16. The number of rotatable bonds is 4. The third kappa shape index (κ3) is 2.08. The first-order chi connectivity index (χ1) is 9.05. The van der Waals surface area contributed by atoms with E-state index in [0.717, 1.165) is 17.5 Å². The third-order valence-corrected chi connectivity index (χ3v) is 6.78. The molecule has 0 amide bonds.